The monoisotopic (exact) mass is 484 g/mol. The maximum Gasteiger partial charge on any atom is 0.273 e. The Kier molecular flexibility index (Phi) is 7.41. The van der Waals surface area contributed by atoms with Crippen LogP contribution in [-0.2, 0) is 16.1 Å². The summed E-state index contributed by atoms with van der Waals surface area (Å²) in [7, 11) is 1.57. The van der Waals surface area contributed by atoms with Gasteiger partial charge in [0.25, 0.3) is 5.56 Å². The van der Waals surface area contributed by atoms with E-state index in [1.807, 2.05) is 6.92 Å². The van der Waals surface area contributed by atoms with E-state index in [1.54, 1.807) is 31.4 Å². The van der Waals surface area contributed by atoms with E-state index in [2.05, 4.69) is 25.5 Å². The van der Waals surface area contributed by atoms with Gasteiger partial charge in [0.1, 0.15) is 23.3 Å². The van der Waals surface area contributed by atoms with Gasteiger partial charge in [0.15, 0.2) is 10.8 Å². The second-order valence-corrected chi connectivity index (χ2v) is 9.13. The first kappa shape index (κ1) is 23.7. The lowest BCUT2D eigenvalue weighted by molar-refractivity contribution is -0.125. The van der Waals surface area contributed by atoms with Gasteiger partial charge in [-0.2, -0.15) is 4.98 Å². The molecule has 2 amide bonds. The van der Waals surface area contributed by atoms with Crippen molar-refractivity contribution in [1.29, 1.82) is 0 Å². The molecule has 0 bridgehead atoms. The van der Waals surface area contributed by atoms with Crippen LogP contribution in [0, 0.1) is 5.92 Å². The number of hydrogen-bond donors (Lipinski definition) is 2. The highest BCUT2D eigenvalue weighted by Crippen LogP contribution is 2.29. The van der Waals surface area contributed by atoms with Crippen molar-refractivity contribution in [2.24, 2.45) is 5.92 Å². The molecule has 3 aromatic rings. The highest BCUT2D eigenvalue weighted by Gasteiger charge is 2.26. The topological polar surface area (TPSA) is 118 Å². The van der Waals surface area contributed by atoms with Crippen LogP contribution in [0.4, 0.5) is 10.8 Å². The van der Waals surface area contributed by atoms with Crippen molar-refractivity contribution in [2.75, 3.05) is 37.0 Å². The van der Waals surface area contributed by atoms with E-state index in [0.717, 1.165) is 19.3 Å². The number of ether oxygens (including phenoxy) is 1. The molecule has 4 rings (SSSR count). The summed E-state index contributed by atoms with van der Waals surface area (Å²) in [6.45, 7) is 3.97. The molecule has 180 valence electrons. The van der Waals surface area contributed by atoms with Crippen LogP contribution in [-0.4, -0.2) is 53.1 Å². The number of piperidine rings is 1. The lowest BCUT2D eigenvalue weighted by Gasteiger charge is -2.30. The highest BCUT2D eigenvalue weighted by atomic mass is 32.1. The number of hydrogen-bond acceptors (Lipinski definition) is 8. The second-order valence-electron chi connectivity index (χ2n) is 8.16. The highest BCUT2D eigenvalue weighted by molar-refractivity contribution is 7.22. The smallest absolute Gasteiger partial charge is 0.273 e. The molecule has 1 aliphatic heterocycles. The summed E-state index contributed by atoms with van der Waals surface area (Å²) < 4.78 is 6.81. The van der Waals surface area contributed by atoms with Gasteiger partial charge in [-0.05, 0) is 43.5 Å². The Bertz CT molecular complexity index is 1210. The lowest BCUT2D eigenvalue weighted by atomic mass is 9.96. The SMILES string of the molecule is CCCNC(=O)C1CCN(c2nc3ncn(CC(=O)Nc4ccc(OC)cc4)c(=O)c3s2)CC1. The molecule has 0 radical (unpaired) electrons. The summed E-state index contributed by atoms with van der Waals surface area (Å²) in [5, 5.41) is 6.44. The van der Waals surface area contributed by atoms with E-state index in [9.17, 15) is 14.4 Å². The first-order valence-corrected chi connectivity index (χ1v) is 12.1. The molecule has 3 heterocycles. The molecule has 0 aliphatic carbocycles. The number of carbonyl (C=O) groups is 2. The Hall–Kier alpha value is -3.47. The van der Waals surface area contributed by atoms with Crippen molar-refractivity contribution in [3.8, 4) is 5.75 Å². The molecule has 0 saturated carbocycles. The van der Waals surface area contributed by atoms with Crippen LogP contribution < -0.4 is 25.8 Å². The van der Waals surface area contributed by atoms with Crippen molar-refractivity contribution < 1.29 is 14.3 Å². The lowest BCUT2D eigenvalue weighted by Crippen LogP contribution is -2.40. The minimum absolute atomic E-state index is 0.0109. The number of thiazole rings is 1. The molecule has 1 aliphatic rings. The molecule has 1 aromatic carbocycles. The number of benzene rings is 1. The predicted octanol–water partition coefficient (Wildman–Crippen LogP) is 2.24. The minimum Gasteiger partial charge on any atom is -0.497 e. The summed E-state index contributed by atoms with van der Waals surface area (Å²) in [4.78, 5) is 48.5. The fourth-order valence-corrected chi connectivity index (χ4v) is 4.86. The number of carbonyl (C=O) groups excluding carboxylic acids is 2. The molecule has 0 spiro atoms. The van der Waals surface area contributed by atoms with E-state index in [4.69, 9.17) is 4.74 Å². The van der Waals surface area contributed by atoms with Gasteiger partial charge in [-0.1, -0.05) is 18.3 Å². The zero-order valence-electron chi connectivity index (χ0n) is 19.2. The van der Waals surface area contributed by atoms with Crippen molar-refractivity contribution >= 4 is 44.3 Å². The summed E-state index contributed by atoms with van der Waals surface area (Å²) in [6, 6.07) is 6.95. The maximum atomic E-state index is 13.0. The Labute approximate surface area is 201 Å². The maximum absolute atomic E-state index is 13.0. The molecule has 0 atom stereocenters. The average molecular weight is 485 g/mol. The van der Waals surface area contributed by atoms with Gasteiger partial charge >= 0.3 is 0 Å². The van der Waals surface area contributed by atoms with Gasteiger partial charge in [0.2, 0.25) is 11.8 Å². The second kappa shape index (κ2) is 10.6. The van der Waals surface area contributed by atoms with E-state index in [-0.39, 0.29) is 29.8 Å². The number of nitrogens with zero attached hydrogens (tertiary/aromatic N) is 4. The Morgan fingerprint density at radius 2 is 1.94 bits per heavy atom. The van der Waals surface area contributed by atoms with E-state index >= 15 is 0 Å². The largest absolute Gasteiger partial charge is 0.497 e. The summed E-state index contributed by atoms with van der Waals surface area (Å²) >= 11 is 1.28. The summed E-state index contributed by atoms with van der Waals surface area (Å²) in [5.74, 6) is 0.482. The molecule has 10 nitrogen and oxygen atoms in total. The van der Waals surface area contributed by atoms with E-state index < -0.39 is 0 Å². The van der Waals surface area contributed by atoms with Gasteiger partial charge in [0.05, 0.1) is 7.11 Å². The fourth-order valence-electron chi connectivity index (χ4n) is 3.84. The fraction of sp³-hybridized carbons (Fsp3) is 0.435. The molecule has 34 heavy (non-hydrogen) atoms. The number of methoxy groups -OCH3 is 1. The van der Waals surface area contributed by atoms with Crippen LogP contribution in [0.3, 0.4) is 0 Å². The molecule has 2 aromatic heterocycles. The van der Waals surface area contributed by atoms with Crippen molar-refractivity contribution in [2.45, 2.75) is 32.7 Å². The van der Waals surface area contributed by atoms with Crippen LogP contribution in [0.15, 0.2) is 35.4 Å². The van der Waals surface area contributed by atoms with Crippen LogP contribution in [0.25, 0.3) is 10.3 Å². The average Bonchev–Trinajstić information content (AvgIpc) is 3.30. The third-order valence-corrected chi connectivity index (χ3v) is 6.84. The normalized spacial score (nSPS) is 14.2. The third-order valence-electron chi connectivity index (χ3n) is 5.75. The Morgan fingerprint density at radius 1 is 1.21 bits per heavy atom. The Morgan fingerprint density at radius 3 is 2.62 bits per heavy atom. The number of amides is 2. The molecular formula is C23H28N6O4S. The van der Waals surface area contributed by atoms with Crippen LogP contribution in [0.2, 0.25) is 0 Å². The van der Waals surface area contributed by atoms with Crippen molar-refractivity contribution in [1.82, 2.24) is 19.9 Å². The first-order valence-electron chi connectivity index (χ1n) is 11.3. The summed E-state index contributed by atoms with van der Waals surface area (Å²) in [6.07, 6.45) is 3.76. The Balaban J connectivity index is 1.41. The van der Waals surface area contributed by atoms with Crippen LogP contribution >= 0.6 is 11.3 Å². The number of anilines is 2. The van der Waals surface area contributed by atoms with E-state index in [0.29, 0.717) is 46.5 Å². The molecule has 1 fully saturated rings. The van der Waals surface area contributed by atoms with Crippen molar-refractivity contribution in [3.63, 3.8) is 0 Å². The summed E-state index contributed by atoms with van der Waals surface area (Å²) in [5.41, 5.74) is 0.687. The third kappa shape index (κ3) is 5.36. The number of rotatable bonds is 8. The molecule has 11 heteroatoms. The quantitative estimate of drug-likeness (QED) is 0.503. The number of fused-ring (bicyclic) bond motifs is 1. The van der Waals surface area contributed by atoms with Gasteiger partial charge in [0, 0.05) is 31.2 Å². The molecule has 1 saturated heterocycles. The zero-order valence-corrected chi connectivity index (χ0v) is 20.1. The van der Waals surface area contributed by atoms with E-state index in [1.165, 1.54) is 22.2 Å². The predicted molar refractivity (Wildman–Crippen MR) is 132 cm³/mol. The van der Waals surface area contributed by atoms with Crippen LogP contribution in [0.5, 0.6) is 5.75 Å². The zero-order chi connectivity index (χ0) is 24.1. The number of aromatic nitrogens is 3. The standard InChI is InChI=1S/C23H28N6O4S/c1-3-10-24-21(31)15-8-11-28(12-9-15)23-27-20-19(34-23)22(32)29(14-25-20)13-18(30)26-16-4-6-17(33-2)7-5-16/h4-7,14-15H,3,8-13H2,1-2H3,(H,24,31)(H,26,30). The van der Waals surface area contributed by atoms with Crippen molar-refractivity contribution in [3.05, 3.63) is 40.9 Å². The first-order chi connectivity index (χ1) is 16.5. The van der Waals surface area contributed by atoms with Gasteiger partial charge in [-0.25, -0.2) is 4.98 Å². The van der Waals surface area contributed by atoms with Crippen LogP contribution in [0.1, 0.15) is 26.2 Å². The molecule has 0 unspecified atom stereocenters. The van der Waals surface area contributed by atoms with Gasteiger partial charge in [-0.15, -0.1) is 0 Å². The number of nitrogens with one attached hydrogen (secondary N) is 2. The minimum atomic E-state index is -0.332. The van der Waals surface area contributed by atoms with Gasteiger partial charge in [-0.3, -0.25) is 19.0 Å². The molecule has 2 N–H and O–H groups in total. The molecular weight excluding hydrogens is 456 g/mol. The van der Waals surface area contributed by atoms with Gasteiger partial charge < -0.3 is 20.3 Å².